The van der Waals surface area contributed by atoms with Gasteiger partial charge in [0, 0.05) is 5.56 Å². The lowest BCUT2D eigenvalue weighted by atomic mass is 10.1. The van der Waals surface area contributed by atoms with E-state index < -0.39 is 0 Å². The van der Waals surface area contributed by atoms with Crippen LogP contribution >= 0.6 is 0 Å². The van der Waals surface area contributed by atoms with E-state index in [1.54, 1.807) is 20.3 Å². The predicted molar refractivity (Wildman–Crippen MR) is 65.3 cm³/mol. The number of rotatable bonds is 3. The molecule has 4 N–H and O–H groups in total. The summed E-state index contributed by atoms with van der Waals surface area (Å²) in [5.74, 6) is 7.17. The monoisotopic (exact) mass is 234 g/mol. The normalized spacial score (nSPS) is 10.2. The fourth-order valence-corrected chi connectivity index (χ4v) is 1.65. The molecule has 1 heterocycles. The number of hydrogen-bond donors (Lipinski definition) is 2. The Morgan fingerprint density at radius 3 is 2.53 bits per heavy atom. The van der Waals surface area contributed by atoms with Crippen LogP contribution in [-0.4, -0.2) is 23.9 Å². The summed E-state index contributed by atoms with van der Waals surface area (Å²) in [6.45, 7) is 0. The van der Waals surface area contributed by atoms with Gasteiger partial charge >= 0.3 is 0 Å². The number of imidazole rings is 1. The van der Waals surface area contributed by atoms with E-state index in [1.807, 2.05) is 12.1 Å². The van der Waals surface area contributed by atoms with Gasteiger partial charge in [-0.05, 0) is 12.1 Å². The predicted octanol–water partition coefficient (Wildman–Crippen LogP) is 0.863. The zero-order valence-electron chi connectivity index (χ0n) is 9.68. The van der Waals surface area contributed by atoms with Crippen molar-refractivity contribution in [3.05, 3.63) is 24.5 Å². The zero-order chi connectivity index (χ0) is 12.4. The van der Waals surface area contributed by atoms with Gasteiger partial charge in [0.1, 0.15) is 12.0 Å². The molecule has 0 aliphatic heterocycles. The summed E-state index contributed by atoms with van der Waals surface area (Å²) in [4.78, 5) is 4.15. The third kappa shape index (κ3) is 1.73. The van der Waals surface area contributed by atoms with Gasteiger partial charge < -0.3 is 21.1 Å². The number of benzene rings is 1. The average molecular weight is 234 g/mol. The van der Waals surface area contributed by atoms with Gasteiger partial charge in [-0.1, -0.05) is 6.07 Å². The van der Waals surface area contributed by atoms with Crippen LogP contribution < -0.4 is 21.1 Å². The molecule has 6 heteroatoms. The maximum atomic E-state index is 5.83. The summed E-state index contributed by atoms with van der Waals surface area (Å²) in [7, 11) is 3.14. The van der Waals surface area contributed by atoms with E-state index in [0.717, 1.165) is 5.56 Å². The average Bonchev–Trinajstić information content (AvgIpc) is 2.69. The molecular formula is C11H14N4O2. The first-order valence-electron chi connectivity index (χ1n) is 4.98. The van der Waals surface area contributed by atoms with Crippen molar-refractivity contribution in [2.75, 3.05) is 25.8 Å². The quantitative estimate of drug-likeness (QED) is 0.769. The van der Waals surface area contributed by atoms with Gasteiger partial charge in [0.15, 0.2) is 17.3 Å². The fraction of sp³-hybridized carbons (Fsp3) is 0.182. The van der Waals surface area contributed by atoms with E-state index in [9.17, 15) is 0 Å². The Morgan fingerprint density at radius 2 is 2.00 bits per heavy atom. The van der Waals surface area contributed by atoms with Gasteiger partial charge in [-0.3, -0.25) is 0 Å². The topological polar surface area (TPSA) is 88.3 Å². The molecule has 1 aromatic heterocycles. The Kier molecular flexibility index (Phi) is 2.78. The molecular weight excluding hydrogens is 220 g/mol. The van der Waals surface area contributed by atoms with Crippen molar-refractivity contribution in [3.63, 3.8) is 0 Å². The molecule has 0 amide bonds. The highest BCUT2D eigenvalue weighted by molar-refractivity contribution is 5.78. The molecule has 0 unspecified atom stereocenters. The van der Waals surface area contributed by atoms with Crippen molar-refractivity contribution in [2.45, 2.75) is 0 Å². The first-order valence-corrected chi connectivity index (χ1v) is 4.98. The highest BCUT2D eigenvalue weighted by Crippen LogP contribution is 2.38. The van der Waals surface area contributed by atoms with Crippen LogP contribution in [0.3, 0.4) is 0 Å². The third-order valence-corrected chi connectivity index (χ3v) is 2.49. The van der Waals surface area contributed by atoms with E-state index >= 15 is 0 Å². The second-order valence-corrected chi connectivity index (χ2v) is 3.43. The smallest absolute Gasteiger partial charge is 0.170 e. The van der Waals surface area contributed by atoms with Crippen molar-refractivity contribution >= 4 is 5.82 Å². The summed E-state index contributed by atoms with van der Waals surface area (Å²) in [6, 6.07) is 5.49. The number of aromatic nitrogens is 2. The number of anilines is 1. The maximum absolute atomic E-state index is 5.83. The maximum Gasteiger partial charge on any atom is 0.170 e. The fourth-order valence-electron chi connectivity index (χ4n) is 1.65. The summed E-state index contributed by atoms with van der Waals surface area (Å²) in [5.41, 5.74) is 7.15. The Balaban J connectivity index is 2.63. The molecule has 0 aliphatic rings. The molecule has 17 heavy (non-hydrogen) atoms. The van der Waals surface area contributed by atoms with E-state index in [0.29, 0.717) is 23.0 Å². The molecule has 1 aromatic carbocycles. The minimum atomic E-state index is 0.372. The molecule has 0 saturated carbocycles. The van der Waals surface area contributed by atoms with E-state index in [4.69, 9.17) is 21.1 Å². The van der Waals surface area contributed by atoms with Crippen LogP contribution in [0.25, 0.3) is 11.3 Å². The Hall–Kier alpha value is -2.37. The first kappa shape index (κ1) is 11.1. The molecule has 0 spiro atoms. The van der Waals surface area contributed by atoms with Gasteiger partial charge in [-0.15, -0.1) is 0 Å². The van der Waals surface area contributed by atoms with Gasteiger partial charge in [-0.25, -0.2) is 9.66 Å². The number of hydrogen-bond acceptors (Lipinski definition) is 5. The molecule has 0 radical (unpaired) electrons. The largest absolute Gasteiger partial charge is 0.493 e. The van der Waals surface area contributed by atoms with Gasteiger partial charge in [0.25, 0.3) is 0 Å². The molecule has 0 fully saturated rings. The number of ether oxygens (including phenoxy) is 2. The van der Waals surface area contributed by atoms with Crippen LogP contribution in [0.2, 0.25) is 0 Å². The molecule has 0 bridgehead atoms. The molecule has 2 rings (SSSR count). The lowest BCUT2D eigenvalue weighted by Crippen LogP contribution is -2.10. The van der Waals surface area contributed by atoms with Crippen LogP contribution in [-0.2, 0) is 0 Å². The number of nitrogens with zero attached hydrogens (tertiary/aromatic N) is 2. The lowest BCUT2D eigenvalue weighted by Gasteiger charge is -2.11. The highest BCUT2D eigenvalue weighted by atomic mass is 16.5. The molecule has 6 nitrogen and oxygen atoms in total. The number of nitrogen functional groups attached to an aromatic ring is 2. The van der Waals surface area contributed by atoms with Crippen molar-refractivity contribution in [3.8, 4) is 22.8 Å². The third-order valence-electron chi connectivity index (χ3n) is 2.49. The summed E-state index contributed by atoms with van der Waals surface area (Å²) < 4.78 is 11.8. The molecule has 90 valence electrons. The second kappa shape index (κ2) is 4.25. The van der Waals surface area contributed by atoms with Crippen molar-refractivity contribution < 1.29 is 9.47 Å². The Bertz CT molecular complexity index is 536. The molecule has 2 aromatic rings. The van der Waals surface area contributed by atoms with Gasteiger partial charge in [0.05, 0.1) is 14.2 Å². The van der Waals surface area contributed by atoms with Crippen LogP contribution in [0, 0.1) is 0 Å². The Labute approximate surface area is 98.7 Å². The summed E-state index contributed by atoms with van der Waals surface area (Å²) in [6.07, 6.45) is 1.45. The highest BCUT2D eigenvalue weighted by Gasteiger charge is 2.16. The Morgan fingerprint density at radius 1 is 1.24 bits per heavy atom. The van der Waals surface area contributed by atoms with Gasteiger partial charge in [-0.2, -0.15) is 0 Å². The van der Waals surface area contributed by atoms with E-state index in [1.165, 1.54) is 11.0 Å². The standard InChI is InChI=1S/C11H14N4O2/c1-16-8-5-3-4-7(10(8)17-2)9-11(12)15(13)6-14-9/h3-6H,12-13H2,1-2H3. The van der Waals surface area contributed by atoms with Crippen molar-refractivity contribution in [1.82, 2.24) is 9.66 Å². The van der Waals surface area contributed by atoms with Crippen molar-refractivity contribution in [2.24, 2.45) is 0 Å². The SMILES string of the molecule is COc1cccc(-c2ncn(N)c2N)c1OC. The minimum Gasteiger partial charge on any atom is -0.493 e. The lowest BCUT2D eigenvalue weighted by molar-refractivity contribution is 0.356. The first-order chi connectivity index (χ1) is 8.19. The number of nitrogens with two attached hydrogens (primary N) is 2. The zero-order valence-corrected chi connectivity index (χ0v) is 9.68. The second-order valence-electron chi connectivity index (χ2n) is 3.43. The van der Waals surface area contributed by atoms with E-state index in [2.05, 4.69) is 4.98 Å². The summed E-state index contributed by atoms with van der Waals surface area (Å²) >= 11 is 0. The molecule has 0 atom stereocenters. The van der Waals surface area contributed by atoms with Crippen LogP contribution in [0.15, 0.2) is 24.5 Å². The van der Waals surface area contributed by atoms with Crippen LogP contribution in [0.4, 0.5) is 5.82 Å². The number of methoxy groups -OCH3 is 2. The van der Waals surface area contributed by atoms with Crippen LogP contribution in [0.5, 0.6) is 11.5 Å². The molecule has 0 aliphatic carbocycles. The molecule has 0 saturated heterocycles. The van der Waals surface area contributed by atoms with E-state index in [-0.39, 0.29) is 0 Å². The number of para-hydroxylation sites is 1. The van der Waals surface area contributed by atoms with Crippen LogP contribution in [0.1, 0.15) is 0 Å². The van der Waals surface area contributed by atoms with Crippen molar-refractivity contribution in [1.29, 1.82) is 0 Å². The minimum absolute atomic E-state index is 0.372. The van der Waals surface area contributed by atoms with Gasteiger partial charge in [0.2, 0.25) is 0 Å². The summed E-state index contributed by atoms with van der Waals surface area (Å²) in [5, 5.41) is 0.